The molecule has 0 bridgehead atoms. The third-order valence-corrected chi connectivity index (χ3v) is 6.94. The maximum Gasteiger partial charge on any atom is 0.514 e. The largest absolute Gasteiger partial charge is 0.514 e. The molecule has 0 fully saturated rings. The van der Waals surface area contributed by atoms with Crippen molar-refractivity contribution in [1.82, 2.24) is 5.32 Å². The standard InChI is InChI=1S/C31H49NO10/c1-11-20(4)16-26(33)38-21(5)19-32-23(27(34)37-10)17-22-14-15-24(39-28(35)41-30(6,7)12-2)25(18-22)40-29(36)42-31(8,9)13-3/h14-15,18,20-21,23,32H,11-13,16-17,19H2,1-10H3/t20?,21?,23-/m0/s1. The van der Waals surface area contributed by atoms with Crippen LogP contribution in [0.25, 0.3) is 0 Å². The molecule has 0 saturated carbocycles. The van der Waals surface area contributed by atoms with Crippen molar-refractivity contribution in [2.75, 3.05) is 13.7 Å². The maximum absolute atomic E-state index is 12.6. The first-order valence-electron chi connectivity index (χ1n) is 14.5. The average Bonchev–Trinajstić information content (AvgIpc) is 2.90. The molecular weight excluding hydrogens is 546 g/mol. The Labute approximate surface area is 249 Å². The lowest BCUT2D eigenvalue weighted by Gasteiger charge is -2.24. The number of hydrogen-bond donors (Lipinski definition) is 1. The Morgan fingerprint density at radius 2 is 1.40 bits per heavy atom. The summed E-state index contributed by atoms with van der Waals surface area (Å²) < 4.78 is 32.0. The van der Waals surface area contributed by atoms with Gasteiger partial charge in [0, 0.05) is 13.0 Å². The van der Waals surface area contributed by atoms with Gasteiger partial charge in [0.1, 0.15) is 23.3 Å². The van der Waals surface area contributed by atoms with Crippen molar-refractivity contribution in [1.29, 1.82) is 0 Å². The Bertz CT molecular complexity index is 1050. The zero-order valence-corrected chi connectivity index (χ0v) is 26.8. The SMILES string of the molecule is CCC(C)CC(=O)OC(C)CN[C@@H](Cc1ccc(OC(=O)OC(C)(C)CC)c(OC(=O)OC(C)(C)CC)c1)C(=O)OC. The van der Waals surface area contributed by atoms with Crippen LogP contribution < -0.4 is 14.8 Å². The van der Waals surface area contributed by atoms with E-state index in [4.69, 9.17) is 28.4 Å². The van der Waals surface area contributed by atoms with Crippen LogP contribution in [0.1, 0.15) is 93.6 Å². The topological polar surface area (TPSA) is 136 Å². The summed E-state index contributed by atoms with van der Waals surface area (Å²) >= 11 is 0. The summed E-state index contributed by atoms with van der Waals surface area (Å²) in [5.74, 6) is -0.776. The lowest BCUT2D eigenvalue weighted by molar-refractivity contribution is -0.149. The molecule has 0 amide bonds. The summed E-state index contributed by atoms with van der Waals surface area (Å²) in [6.45, 7) is 16.6. The summed E-state index contributed by atoms with van der Waals surface area (Å²) in [4.78, 5) is 49.8. The van der Waals surface area contributed by atoms with Crippen LogP contribution in [0.2, 0.25) is 0 Å². The molecule has 1 rings (SSSR count). The highest BCUT2D eigenvalue weighted by atomic mass is 16.8. The van der Waals surface area contributed by atoms with E-state index in [1.807, 2.05) is 27.7 Å². The van der Waals surface area contributed by atoms with Crippen LogP contribution in [-0.2, 0) is 35.0 Å². The van der Waals surface area contributed by atoms with Crippen molar-refractivity contribution in [3.8, 4) is 11.5 Å². The molecule has 2 unspecified atom stereocenters. The zero-order chi connectivity index (χ0) is 32.1. The summed E-state index contributed by atoms with van der Waals surface area (Å²) in [7, 11) is 1.27. The second kappa shape index (κ2) is 16.9. The molecule has 1 N–H and O–H groups in total. The normalized spacial score (nSPS) is 13.8. The Kier molecular flexibility index (Phi) is 14.8. The summed E-state index contributed by atoms with van der Waals surface area (Å²) in [5.41, 5.74) is -0.984. The predicted molar refractivity (Wildman–Crippen MR) is 157 cm³/mol. The number of rotatable bonds is 16. The molecule has 1 aromatic rings. The third kappa shape index (κ3) is 13.5. The molecule has 11 nitrogen and oxygen atoms in total. The Morgan fingerprint density at radius 3 is 1.90 bits per heavy atom. The first-order valence-corrected chi connectivity index (χ1v) is 14.5. The van der Waals surface area contributed by atoms with Crippen LogP contribution in [0.4, 0.5) is 9.59 Å². The van der Waals surface area contributed by atoms with Crippen molar-refractivity contribution in [3.63, 3.8) is 0 Å². The number of esters is 2. The number of methoxy groups -OCH3 is 1. The first-order chi connectivity index (χ1) is 19.5. The smallest absolute Gasteiger partial charge is 0.468 e. The minimum absolute atomic E-state index is 0.0636. The van der Waals surface area contributed by atoms with Crippen LogP contribution in [-0.4, -0.2) is 61.3 Å². The quantitative estimate of drug-likeness (QED) is 0.134. The molecule has 0 aliphatic heterocycles. The average molecular weight is 596 g/mol. The van der Waals surface area contributed by atoms with Crippen molar-refractivity contribution >= 4 is 24.2 Å². The van der Waals surface area contributed by atoms with Gasteiger partial charge >= 0.3 is 24.2 Å². The van der Waals surface area contributed by atoms with Crippen molar-refractivity contribution in [3.05, 3.63) is 23.8 Å². The fourth-order valence-corrected chi connectivity index (χ4v) is 3.33. The molecular formula is C31H49NO10. The van der Waals surface area contributed by atoms with Crippen molar-refractivity contribution in [2.24, 2.45) is 5.92 Å². The van der Waals surface area contributed by atoms with Crippen molar-refractivity contribution < 1.29 is 47.6 Å². The highest BCUT2D eigenvalue weighted by molar-refractivity contribution is 5.76. The van der Waals surface area contributed by atoms with Gasteiger partial charge < -0.3 is 33.7 Å². The van der Waals surface area contributed by atoms with Crippen LogP contribution >= 0.6 is 0 Å². The number of carbonyl (C=O) groups excluding carboxylic acids is 4. The van der Waals surface area contributed by atoms with Gasteiger partial charge in [0.05, 0.1) is 7.11 Å². The fourth-order valence-electron chi connectivity index (χ4n) is 3.33. The number of ether oxygens (including phenoxy) is 6. The monoisotopic (exact) mass is 595 g/mol. The number of hydrogen-bond acceptors (Lipinski definition) is 11. The minimum Gasteiger partial charge on any atom is -0.468 e. The van der Waals surface area contributed by atoms with E-state index in [0.717, 1.165) is 6.42 Å². The molecule has 0 aliphatic rings. The molecule has 1 aromatic carbocycles. The van der Waals surface area contributed by atoms with Gasteiger partial charge in [-0.25, -0.2) is 9.59 Å². The summed E-state index contributed by atoms with van der Waals surface area (Å²) in [6.07, 6.45) is -0.0251. The zero-order valence-electron chi connectivity index (χ0n) is 26.8. The number of nitrogens with one attached hydrogen (secondary N) is 1. The molecule has 3 atom stereocenters. The summed E-state index contributed by atoms with van der Waals surface area (Å²) in [5, 5.41) is 3.08. The van der Waals surface area contributed by atoms with E-state index in [0.29, 0.717) is 24.8 Å². The second-order valence-electron chi connectivity index (χ2n) is 11.6. The molecule has 0 aromatic heterocycles. The van der Waals surface area contributed by atoms with Crippen LogP contribution in [0.5, 0.6) is 11.5 Å². The molecule has 42 heavy (non-hydrogen) atoms. The first kappa shape index (κ1) is 36.7. The Hall–Kier alpha value is -3.34. The lowest BCUT2D eigenvalue weighted by atomic mass is 10.0. The van der Waals surface area contributed by atoms with Crippen molar-refractivity contribution in [2.45, 2.75) is 118 Å². The van der Waals surface area contributed by atoms with Gasteiger partial charge in [-0.1, -0.05) is 40.2 Å². The third-order valence-electron chi connectivity index (χ3n) is 6.94. The predicted octanol–water partition coefficient (Wildman–Crippen LogP) is 6.14. The highest BCUT2D eigenvalue weighted by Crippen LogP contribution is 2.31. The number of benzene rings is 1. The minimum atomic E-state index is -0.984. The van der Waals surface area contributed by atoms with E-state index < -0.39 is 41.6 Å². The van der Waals surface area contributed by atoms with Gasteiger partial charge in [0.2, 0.25) is 0 Å². The van der Waals surface area contributed by atoms with Crippen LogP contribution in [0, 0.1) is 5.92 Å². The van der Waals surface area contributed by atoms with Gasteiger partial charge in [-0.3, -0.25) is 9.59 Å². The Balaban J connectivity index is 3.14. The molecule has 0 saturated heterocycles. The fraction of sp³-hybridized carbons (Fsp3) is 0.677. The van der Waals surface area contributed by atoms with Crippen LogP contribution in [0.3, 0.4) is 0 Å². The number of carbonyl (C=O) groups is 4. The van der Waals surface area contributed by atoms with Gasteiger partial charge in [-0.05, 0) is 77.5 Å². The van der Waals surface area contributed by atoms with E-state index in [1.54, 1.807) is 40.7 Å². The maximum atomic E-state index is 12.6. The van der Waals surface area contributed by atoms with E-state index in [-0.39, 0.29) is 36.4 Å². The van der Waals surface area contributed by atoms with Gasteiger partial charge in [-0.15, -0.1) is 0 Å². The van der Waals surface area contributed by atoms with Crippen LogP contribution in [0.15, 0.2) is 18.2 Å². The van der Waals surface area contributed by atoms with Gasteiger partial charge in [-0.2, -0.15) is 0 Å². The van der Waals surface area contributed by atoms with E-state index in [9.17, 15) is 19.2 Å². The second-order valence-corrected chi connectivity index (χ2v) is 11.6. The van der Waals surface area contributed by atoms with Gasteiger partial charge in [0.15, 0.2) is 11.5 Å². The summed E-state index contributed by atoms with van der Waals surface area (Å²) in [6, 6.07) is 3.72. The molecule has 0 spiro atoms. The molecule has 238 valence electrons. The Morgan fingerprint density at radius 1 is 0.857 bits per heavy atom. The molecule has 0 heterocycles. The van der Waals surface area contributed by atoms with E-state index >= 15 is 0 Å². The highest BCUT2D eigenvalue weighted by Gasteiger charge is 2.27. The van der Waals surface area contributed by atoms with E-state index in [1.165, 1.54) is 19.2 Å². The van der Waals surface area contributed by atoms with Gasteiger partial charge in [0.25, 0.3) is 0 Å². The molecule has 11 heteroatoms. The molecule has 0 aliphatic carbocycles. The molecule has 0 radical (unpaired) electrons. The van der Waals surface area contributed by atoms with E-state index in [2.05, 4.69) is 5.32 Å². The lowest BCUT2D eigenvalue weighted by Crippen LogP contribution is -2.43.